The van der Waals surface area contributed by atoms with E-state index in [2.05, 4.69) is 5.32 Å². The van der Waals surface area contributed by atoms with Crippen molar-refractivity contribution in [2.24, 2.45) is 0 Å². The Morgan fingerprint density at radius 2 is 1.71 bits per heavy atom. The van der Waals surface area contributed by atoms with Crippen LogP contribution in [-0.4, -0.2) is 30.3 Å². The van der Waals surface area contributed by atoms with Gasteiger partial charge in [-0.2, -0.15) is 13.2 Å². The summed E-state index contributed by atoms with van der Waals surface area (Å²) < 4.78 is 43.2. The van der Waals surface area contributed by atoms with Crippen molar-refractivity contribution in [1.29, 1.82) is 0 Å². The number of imide groups is 1. The highest BCUT2D eigenvalue weighted by Crippen LogP contribution is 2.33. The van der Waals surface area contributed by atoms with E-state index in [1.807, 2.05) is 0 Å². The first kappa shape index (κ1) is 22.0. The van der Waals surface area contributed by atoms with Crippen LogP contribution in [0.2, 0.25) is 5.02 Å². The van der Waals surface area contributed by atoms with E-state index in [0.29, 0.717) is 6.07 Å². The number of nitrogens with zero attached hydrogens (tertiary/aromatic N) is 1. The van der Waals surface area contributed by atoms with Crippen molar-refractivity contribution in [3.8, 4) is 0 Å². The van der Waals surface area contributed by atoms with Crippen LogP contribution in [0, 0.1) is 0 Å². The van der Waals surface area contributed by atoms with E-state index in [1.54, 1.807) is 0 Å². The standard InChI is InChI=1S/C20H12ClF3N2O5/c21-14-5-4-12(20(22,23)24)9-15(14)25-16(27)10-31-19(30)11-2-1-3-13(8-11)26-17(28)6-7-18(26)29/h1-9H,10H2,(H,25,27). The van der Waals surface area contributed by atoms with Crippen LogP contribution in [0.4, 0.5) is 24.5 Å². The maximum absolute atomic E-state index is 12.8. The van der Waals surface area contributed by atoms with Gasteiger partial charge in [-0.25, -0.2) is 9.69 Å². The Morgan fingerprint density at radius 1 is 1.03 bits per heavy atom. The van der Waals surface area contributed by atoms with Gasteiger partial charge in [0.2, 0.25) is 0 Å². The first-order valence-corrected chi connectivity index (χ1v) is 8.94. The maximum atomic E-state index is 12.8. The molecule has 0 spiro atoms. The number of alkyl halides is 3. The van der Waals surface area contributed by atoms with Crippen molar-refractivity contribution in [2.75, 3.05) is 16.8 Å². The number of esters is 1. The SMILES string of the molecule is O=C(COC(=O)c1cccc(N2C(=O)C=CC2=O)c1)Nc1cc(C(F)(F)F)ccc1Cl. The Balaban J connectivity index is 1.64. The molecular formula is C20H12ClF3N2O5. The molecule has 2 aromatic rings. The molecule has 2 aromatic carbocycles. The second kappa shape index (κ2) is 8.60. The zero-order chi connectivity index (χ0) is 22.8. The van der Waals surface area contributed by atoms with E-state index in [-0.39, 0.29) is 22.0 Å². The van der Waals surface area contributed by atoms with Gasteiger partial charge in [0.1, 0.15) is 0 Å². The fourth-order valence-electron chi connectivity index (χ4n) is 2.62. The van der Waals surface area contributed by atoms with Crippen molar-refractivity contribution in [1.82, 2.24) is 0 Å². The number of ether oxygens (including phenoxy) is 1. The summed E-state index contributed by atoms with van der Waals surface area (Å²) in [5.41, 5.74) is -1.22. The lowest BCUT2D eigenvalue weighted by Crippen LogP contribution is -2.29. The summed E-state index contributed by atoms with van der Waals surface area (Å²) in [7, 11) is 0. The molecule has 0 aromatic heterocycles. The van der Waals surface area contributed by atoms with Gasteiger partial charge in [0, 0.05) is 12.2 Å². The second-order valence-corrected chi connectivity index (χ2v) is 6.62. The molecule has 0 saturated heterocycles. The number of amides is 3. The van der Waals surface area contributed by atoms with Gasteiger partial charge in [0.15, 0.2) is 6.61 Å². The first-order chi connectivity index (χ1) is 14.6. The molecule has 0 aliphatic carbocycles. The summed E-state index contributed by atoms with van der Waals surface area (Å²) in [6.07, 6.45) is -2.47. The van der Waals surface area contributed by atoms with Crippen molar-refractivity contribution >= 4 is 46.7 Å². The maximum Gasteiger partial charge on any atom is 0.416 e. The summed E-state index contributed by atoms with van der Waals surface area (Å²) in [6, 6.07) is 7.81. The highest BCUT2D eigenvalue weighted by atomic mass is 35.5. The second-order valence-electron chi connectivity index (χ2n) is 6.21. The van der Waals surface area contributed by atoms with Crippen LogP contribution in [0.3, 0.4) is 0 Å². The minimum atomic E-state index is -4.63. The number of benzene rings is 2. The third-order valence-electron chi connectivity index (χ3n) is 4.05. The lowest BCUT2D eigenvalue weighted by atomic mass is 10.2. The molecule has 31 heavy (non-hydrogen) atoms. The quantitative estimate of drug-likeness (QED) is 0.553. The zero-order valence-electron chi connectivity index (χ0n) is 15.4. The Hall–Kier alpha value is -3.66. The van der Waals surface area contributed by atoms with E-state index < -0.39 is 42.0 Å². The van der Waals surface area contributed by atoms with Gasteiger partial charge in [-0.05, 0) is 36.4 Å². The van der Waals surface area contributed by atoms with E-state index in [9.17, 15) is 32.3 Å². The number of anilines is 2. The summed E-state index contributed by atoms with van der Waals surface area (Å²) in [5, 5.41) is 2.01. The van der Waals surface area contributed by atoms with Gasteiger partial charge >= 0.3 is 12.1 Å². The van der Waals surface area contributed by atoms with Crippen LogP contribution < -0.4 is 10.2 Å². The van der Waals surface area contributed by atoms with Crippen molar-refractivity contribution in [2.45, 2.75) is 6.18 Å². The molecule has 160 valence electrons. The number of nitrogens with one attached hydrogen (secondary N) is 1. The van der Waals surface area contributed by atoms with Crippen molar-refractivity contribution < 1.29 is 37.1 Å². The Bertz CT molecular complexity index is 1100. The van der Waals surface area contributed by atoms with Gasteiger partial charge in [0.05, 0.1) is 27.5 Å². The minimum absolute atomic E-state index is 0.0464. The molecule has 0 atom stereocenters. The molecule has 7 nitrogen and oxygen atoms in total. The average Bonchev–Trinajstić information content (AvgIpc) is 3.05. The molecule has 1 N–H and O–H groups in total. The number of hydrogen-bond donors (Lipinski definition) is 1. The Kier molecular flexibility index (Phi) is 6.11. The predicted octanol–water partition coefficient (Wildman–Crippen LogP) is 3.58. The molecule has 3 amide bonds. The van der Waals surface area contributed by atoms with Gasteiger partial charge in [-0.15, -0.1) is 0 Å². The number of hydrogen-bond acceptors (Lipinski definition) is 5. The highest BCUT2D eigenvalue weighted by Gasteiger charge is 2.31. The predicted molar refractivity (Wildman–Crippen MR) is 103 cm³/mol. The molecule has 0 saturated carbocycles. The van der Waals surface area contributed by atoms with Crippen LogP contribution >= 0.6 is 11.6 Å². The fourth-order valence-corrected chi connectivity index (χ4v) is 2.79. The minimum Gasteiger partial charge on any atom is -0.452 e. The topological polar surface area (TPSA) is 92.8 Å². The lowest BCUT2D eigenvalue weighted by Gasteiger charge is -2.14. The molecule has 0 unspecified atom stereocenters. The van der Waals surface area contributed by atoms with E-state index in [1.165, 1.54) is 24.3 Å². The average molecular weight is 453 g/mol. The molecule has 1 aliphatic heterocycles. The summed E-state index contributed by atoms with van der Waals surface area (Å²) in [5.74, 6) is -3.01. The molecule has 0 fully saturated rings. The Labute approximate surface area is 178 Å². The lowest BCUT2D eigenvalue weighted by molar-refractivity contribution is -0.137. The van der Waals surface area contributed by atoms with Crippen molar-refractivity contribution in [3.05, 3.63) is 70.8 Å². The van der Waals surface area contributed by atoms with Crippen LogP contribution in [-0.2, 0) is 25.3 Å². The third kappa shape index (κ3) is 5.10. The van der Waals surface area contributed by atoms with Crippen LogP contribution in [0.15, 0.2) is 54.6 Å². The smallest absolute Gasteiger partial charge is 0.416 e. The first-order valence-electron chi connectivity index (χ1n) is 8.56. The Morgan fingerprint density at radius 3 is 2.35 bits per heavy atom. The van der Waals surface area contributed by atoms with Crippen LogP contribution in [0.25, 0.3) is 0 Å². The molecule has 3 rings (SSSR count). The summed E-state index contributed by atoms with van der Waals surface area (Å²) in [6.45, 7) is -0.807. The molecule has 1 aliphatic rings. The summed E-state index contributed by atoms with van der Waals surface area (Å²) >= 11 is 5.80. The molecule has 11 heteroatoms. The van der Waals surface area contributed by atoms with Gasteiger partial charge < -0.3 is 10.1 Å². The fraction of sp³-hybridized carbons (Fsp3) is 0.100. The monoisotopic (exact) mass is 452 g/mol. The van der Waals surface area contributed by atoms with Crippen molar-refractivity contribution in [3.63, 3.8) is 0 Å². The van der Waals surface area contributed by atoms with E-state index in [0.717, 1.165) is 29.2 Å². The normalized spacial score (nSPS) is 13.5. The highest BCUT2D eigenvalue weighted by molar-refractivity contribution is 6.33. The largest absolute Gasteiger partial charge is 0.452 e. The van der Waals surface area contributed by atoms with Crippen LogP contribution in [0.5, 0.6) is 0 Å². The van der Waals surface area contributed by atoms with Gasteiger partial charge in [-0.1, -0.05) is 17.7 Å². The van der Waals surface area contributed by atoms with Gasteiger partial charge in [0.25, 0.3) is 17.7 Å². The zero-order valence-corrected chi connectivity index (χ0v) is 16.2. The molecule has 0 bridgehead atoms. The molecule has 0 radical (unpaired) electrons. The number of carbonyl (C=O) groups excluding carboxylic acids is 4. The van der Waals surface area contributed by atoms with Crippen LogP contribution in [0.1, 0.15) is 15.9 Å². The molecular weight excluding hydrogens is 441 g/mol. The number of carbonyl (C=O) groups is 4. The number of rotatable bonds is 5. The number of halogens is 4. The summed E-state index contributed by atoms with van der Waals surface area (Å²) in [4.78, 5) is 48.5. The van der Waals surface area contributed by atoms with E-state index in [4.69, 9.17) is 16.3 Å². The van der Waals surface area contributed by atoms with Gasteiger partial charge in [-0.3, -0.25) is 14.4 Å². The third-order valence-corrected chi connectivity index (χ3v) is 4.38. The van der Waals surface area contributed by atoms with E-state index >= 15 is 0 Å². The molecule has 1 heterocycles.